The first-order valence-corrected chi connectivity index (χ1v) is 40.3. The van der Waals surface area contributed by atoms with Gasteiger partial charge in [-0.15, -0.1) is 0 Å². The van der Waals surface area contributed by atoms with Crippen LogP contribution < -0.4 is 23.7 Å². The summed E-state index contributed by atoms with van der Waals surface area (Å²) >= 11 is 0. The Hall–Kier alpha value is -6.17. The Morgan fingerprint density at radius 2 is 0.654 bits per heavy atom. The van der Waals surface area contributed by atoms with Crippen LogP contribution in [0.1, 0.15) is 334 Å². The van der Waals surface area contributed by atoms with E-state index in [0.717, 1.165) is 188 Å². The van der Waals surface area contributed by atoms with Crippen LogP contribution in [0.25, 0.3) is 0 Å². The summed E-state index contributed by atoms with van der Waals surface area (Å²) in [5, 5.41) is 72.3. The van der Waals surface area contributed by atoms with Gasteiger partial charge in [-0.25, -0.2) is 0 Å². The minimum Gasteiger partial charge on any atom is -0.493 e. The molecule has 5 saturated carbocycles. The first-order valence-electron chi connectivity index (χ1n) is 40.3. The molecule has 15 heteroatoms. The van der Waals surface area contributed by atoms with Gasteiger partial charge in [0, 0.05) is 30.4 Å². The zero-order chi connectivity index (χ0) is 74.9. The van der Waals surface area contributed by atoms with Crippen molar-refractivity contribution in [3.05, 3.63) is 149 Å². The van der Waals surface area contributed by atoms with E-state index < -0.39 is 40.7 Å². The quantitative estimate of drug-likeness (QED) is 0.0157. The highest BCUT2D eigenvalue weighted by Crippen LogP contribution is 2.35. The van der Waals surface area contributed by atoms with Crippen molar-refractivity contribution in [2.75, 3.05) is 33.0 Å². The van der Waals surface area contributed by atoms with Crippen molar-refractivity contribution < 1.29 is 73.8 Å². The maximum absolute atomic E-state index is 11.9. The van der Waals surface area contributed by atoms with Crippen molar-refractivity contribution in [1.82, 2.24) is 0 Å². The highest BCUT2D eigenvalue weighted by molar-refractivity contribution is 5.96. The minimum absolute atomic E-state index is 0.148. The Labute approximate surface area is 624 Å². The van der Waals surface area contributed by atoms with Crippen molar-refractivity contribution in [3.63, 3.8) is 0 Å². The molecule has 5 fully saturated rings. The van der Waals surface area contributed by atoms with E-state index in [2.05, 4.69) is 13.8 Å². The largest absolute Gasteiger partial charge is 0.493 e. The van der Waals surface area contributed by atoms with E-state index in [1.807, 2.05) is 123 Å². The fraction of sp³-hybridized carbons (Fsp3) is 0.629. The number of ketones is 3. The van der Waals surface area contributed by atoms with Crippen LogP contribution >= 0.6 is 0 Å². The van der Waals surface area contributed by atoms with E-state index in [4.69, 9.17) is 23.7 Å². The van der Waals surface area contributed by atoms with Crippen LogP contribution in [0.15, 0.2) is 121 Å². The van der Waals surface area contributed by atoms with Gasteiger partial charge in [0.2, 0.25) is 0 Å². The Balaban J connectivity index is 0.000000204. The maximum atomic E-state index is 11.9. The Kier molecular flexibility index (Phi) is 39.6. The maximum Gasteiger partial charge on any atom is 0.162 e. The standard InChI is InChI=1S/C19H28O3.C18H28O3.C18H26O3.C17H26O3.C17H24O3/c1-15(20)7-5-12-19(21)17-10-6-11-18(13-17)22-14-16-8-3-2-4-9-16;2*1-2-8-17(19)15-9-7-10-16(13-15)21-14-18(20)11-5-3-4-6-12-18;2*1-2-7-16(18)14-8-6-9-15(12-14)20-13-17(19)10-4-3-5-11-17/h6,10-11,13,16,19,21H,2-5,7-9,12,14H2,1H3;7,9-10,13,17,19-20H,2-6,8,11-12,14H2,1H3;7,9-10,13,20H,2-6,8,11-12,14H2,1H3;6,8-9,12,16,18-19H,2-5,7,10-11,13H2,1H3;6,8-9,12,19H,2-5,7,10-11,13H2,1H3. The molecular formula is C89H132O15. The summed E-state index contributed by atoms with van der Waals surface area (Å²) in [4.78, 5) is 34.7. The van der Waals surface area contributed by atoms with Crippen LogP contribution in [-0.2, 0) is 4.79 Å². The molecule has 104 heavy (non-hydrogen) atoms. The van der Waals surface area contributed by atoms with E-state index in [9.17, 15) is 50.1 Å². The highest BCUT2D eigenvalue weighted by atomic mass is 16.5. The molecule has 0 heterocycles. The number of benzene rings is 5. The van der Waals surface area contributed by atoms with Gasteiger partial charge in [0.05, 0.1) is 47.3 Å². The second-order valence-corrected chi connectivity index (χ2v) is 30.7. The molecule has 0 bridgehead atoms. The molecule has 0 aliphatic heterocycles. The van der Waals surface area contributed by atoms with Gasteiger partial charge in [-0.2, -0.15) is 0 Å². The Morgan fingerprint density at radius 1 is 0.365 bits per heavy atom. The molecule has 5 aromatic rings. The zero-order valence-electron chi connectivity index (χ0n) is 64.2. The van der Waals surface area contributed by atoms with Crippen molar-refractivity contribution in [2.24, 2.45) is 5.92 Å². The zero-order valence-corrected chi connectivity index (χ0v) is 64.2. The fourth-order valence-electron chi connectivity index (χ4n) is 14.5. The van der Waals surface area contributed by atoms with E-state index in [0.29, 0.717) is 80.7 Å². The summed E-state index contributed by atoms with van der Waals surface area (Å²) < 4.78 is 29.0. The number of hydrogen-bond acceptors (Lipinski definition) is 15. The first-order chi connectivity index (χ1) is 50.2. The number of ether oxygens (including phenoxy) is 5. The third kappa shape index (κ3) is 33.3. The smallest absolute Gasteiger partial charge is 0.162 e. The topological polar surface area (TPSA) is 239 Å². The van der Waals surface area contributed by atoms with Gasteiger partial charge in [-0.3, -0.25) is 9.59 Å². The number of hydrogen-bond donors (Lipinski definition) is 7. The summed E-state index contributed by atoms with van der Waals surface area (Å²) in [7, 11) is 0. The van der Waals surface area contributed by atoms with E-state index in [-0.39, 0.29) is 17.3 Å². The highest BCUT2D eigenvalue weighted by Gasteiger charge is 2.33. The second-order valence-electron chi connectivity index (χ2n) is 30.7. The van der Waals surface area contributed by atoms with Crippen LogP contribution in [0.5, 0.6) is 28.7 Å². The van der Waals surface area contributed by atoms with E-state index in [1.165, 1.54) is 70.6 Å². The van der Waals surface area contributed by atoms with Gasteiger partial charge >= 0.3 is 0 Å². The third-order valence-electron chi connectivity index (χ3n) is 21.0. The van der Waals surface area contributed by atoms with Crippen molar-refractivity contribution >= 4 is 17.3 Å². The van der Waals surface area contributed by atoms with Crippen LogP contribution in [0.4, 0.5) is 0 Å². The third-order valence-corrected chi connectivity index (χ3v) is 21.0. The molecular weight excluding hydrogens is 1310 g/mol. The number of carbonyl (C=O) groups excluding carboxylic acids is 3. The van der Waals surface area contributed by atoms with Crippen molar-refractivity contribution in [3.8, 4) is 28.7 Å². The number of aliphatic hydroxyl groups is 7. The van der Waals surface area contributed by atoms with Crippen LogP contribution in [0.2, 0.25) is 0 Å². The van der Waals surface area contributed by atoms with Gasteiger partial charge in [0.25, 0.3) is 0 Å². The average Bonchev–Trinajstić information content (AvgIpc) is 1.87. The molecule has 5 aromatic carbocycles. The fourth-order valence-corrected chi connectivity index (χ4v) is 14.5. The van der Waals surface area contributed by atoms with E-state index >= 15 is 0 Å². The molecule has 5 aliphatic carbocycles. The predicted molar refractivity (Wildman–Crippen MR) is 415 cm³/mol. The molecule has 0 spiro atoms. The summed E-state index contributed by atoms with van der Waals surface area (Å²) in [5.74, 6) is 4.81. The van der Waals surface area contributed by atoms with Gasteiger partial charge in [0.15, 0.2) is 11.6 Å². The lowest BCUT2D eigenvalue weighted by Crippen LogP contribution is -2.37. The molecule has 15 nitrogen and oxygen atoms in total. The lowest BCUT2D eigenvalue weighted by Gasteiger charge is -2.31. The molecule has 0 radical (unpaired) electrons. The lowest BCUT2D eigenvalue weighted by molar-refractivity contribution is -0.117. The Bertz CT molecular complexity index is 3180. The molecule has 5 aliphatic rings. The minimum atomic E-state index is -0.708. The van der Waals surface area contributed by atoms with Crippen LogP contribution in [0.3, 0.4) is 0 Å². The number of aliphatic hydroxyl groups excluding tert-OH is 3. The van der Waals surface area contributed by atoms with Gasteiger partial charge < -0.3 is 64.2 Å². The van der Waals surface area contributed by atoms with E-state index in [1.54, 1.807) is 19.1 Å². The molecule has 3 atom stereocenters. The number of carbonyl (C=O) groups is 3. The number of rotatable bonds is 32. The molecule has 0 saturated heterocycles. The summed E-state index contributed by atoms with van der Waals surface area (Å²) in [5.41, 5.74) is 1.29. The van der Waals surface area contributed by atoms with Crippen LogP contribution in [-0.4, -0.2) is 109 Å². The molecule has 578 valence electrons. The molecule has 0 aromatic heterocycles. The normalized spacial score (nSPS) is 18.4. The van der Waals surface area contributed by atoms with Crippen molar-refractivity contribution in [2.45, 2.75) is 319 Å². The van der Waals surface area contributed by atoms with Gasteiger partial charge in [0.1, 0.15) is 61.0 Å². The summed E-state index contributed by atoms with van der Waals surface area (Å²) in [6.07, 6.45) is 35.6. The molecule has 7 N–H and O–H groups in total. The Morgan fingerprint density at radius 3 is 0.971 bits per heavy atom. The summed E-state index contributed by atoms with van der Waals surface area (Å²) in [6, 6.07) is 37.5. The van der Waals surface area contributed by atoms with Gasteiger partial charge in [-0.05, 0) is 193 Å². The van der Waals surface area contributed by atoms with Crippen LogP contribution in [0, 0.1) is 5.92 Å². The molecule has 3 unspecified atom stereocenters. The lowest BCUT2D eigenvalue weighted by atomic mass is 9.85. The van der Waals surface area contributed by atoms with Gasteiger partial charge in [-0.1, -0.05) is 210 Å². The monoisotopic (exact) mass is 1440 g/mol. The van der Waals surface area contributed by atoms with Crippen molar-refractivity contribution in [1.29, 1.82) is 0 Å². The SMILES string of the molecule is CC(=O)CCCC(O)c1cccc(OCC2CCCCC2)c1.CCCC(=O)c1cccc(OCC2(O)CCCCC2)c1.CCCC(=O)c1cccc(OCC2(O)CCCCCC2)c1.CCCC(O)c1cccc(OCC2(O)CCCCC2)c1.CCCC(O)c1cccc(OCC2(O)CCCCCC2)c1. The summed E-state index contributed by atoms with van der Waals surface area (Å²) in [6.45, 7) is 11.8. The molecule has 0 amide bonds. The first kappa shape index (κ1) is 86.7. The predicted octanol–water partition coefficient (Wildman–Crippen LogP) is 19.9. The molecule has 10 rings (SSSR count). The average molecular weight is 1440 g/mol. The number of Topliss-reactive ketones (excluding diaryl/α,β-unsaturated/α-hetero) is 3. The second kappa shape index (κ2) is 47.5.